The fourth-order valence-electron chi connectivity index (χ4n) is 4.28. The van der Waals surface area contributed by atoms with Gasteiger partial charge in [-0.2, -0.15) is 0 Å². The van der Waals surface area contributed by atoms with Gasteiger partial charge in [-0.1, -0.05) is 48.5 Å². The summed E-state index contributed by atoms with van der Waals surface area (Å²) in [5.41, 5.74) is 2.59. The molecule has 1 aliphatic rings. The molecule has 0 aliphatic carbocycles. The molecule has 6 nitrogen and oxygen atoms in total. The third-order valence-electron chi connectivity index (χ3n) is 6.26. The van der Waals surface area contributed by atoms with Crippen molar-refractivity contribution in [2.75, 3.05) is 19.7 Å². The van der Waals surface area contributed by atoms with Gasteiger partial charge in [0.05, 0.1) is 15.2 Å². The fourth-order valence-corrected chi connectivity index (χ4v) is 5.42. The quantitative estimate of drug-likeness (QED) is 0.399. The van der Waals surface area contributed by atoms with Crippen molar-refractivity contribution < 1.29 is 14.3 Å². The van der Waals surface area contributed by atoms with Crippen LogP contribution in [0.15, 0.2) is 78.9 Å². The van der Waals surface area contributed by atoms with Gasteiger partial charge >= 0.3 is 0 Å². The van der Waals surface area contributed by atoms with E-state index in [-0.39, 0.29) is 18.4 Å². The van der Waals surface area contributed by atoms with E-state index < -0.39 is 0 Å². The standard InChI is InChI=1S/C28H27N3O3S/c32-26(31-15-13-21(14-16-31)28-30-24-11-4-5-12-25(24)35-28)19-34-23-10-6-9-22(17-23)27(33)29-18-20-7-2-1-3-8-20/h1-12,17,21H,13-16,18-19H2,(H,29,33). The first-order valence-electron chi connectivity index (χ1n) is 11.8. The lowest BCUT2D eigenvalue weighted by Crippen LogP contribution is -2.40. The second-order valence-corrected chi connectivity index (χ2v) is 9.72. The highest BCUT2D eigenvalue weighted by Crippen LogP contribution is 2.33. The molecule has 0 bridgehead atoms. The number of hydrogen-bond acceptors (Lipinski definition) is 5. The summed E-state index contributed by atoms with van der Waals surface area (Å²) >= 11 is 1.75. The predicted octanol–water partition coefficient (Wildman–Crippen LogP) is 5.01. The molecule has 0 radical (unpaired) electrons. The monoisotopic (exact) mass is 485 g/mol. The Balaban J connectivity index is 1.10. The molecule has 1 N–H and O–H groups in total. The molecule has 35 heavy (non-hydrogen) atoms. The van der Waals surface area contributed by atoms with Crippen molar-refractivity contribution in [3.63, 3.8) is 0 Å². The third kappa shape index (κ3) is 5.69. The Morgan fingerprint density at radius 2 is 1.74 bits per heavy atom. The second-order valence-electron chi connectivity index (χ2n) is 8.66. The number of nitrogens with one attached hydrogen (secondary N) is 1. The lowest BCUT2D eigenvalue weighted by atomic mass is 9.97. The molecule has 7 heteroatoms. The minimum Gasteiger partial charge on any atom is -0.484 e. The summed E-state index contributed by atoms with van der Waals surface area (Å²) in [5.74, 6) is 0.688. The molecule has 2 amide bonds. The molecule has 1 aliphatic heterocycles. The highest BCUT2D eigenvalue weighted by molar-refractivity contribution is 7.18. The van der Waals surface area contributed by atoms with E-state index >= 15 is 0 Å². The van der Waals surface area contributed by atoms with E-state index in [1.54, 1.807) is 35.6 Å². The predicted molar refractivity (Wildman–Crippen MR) is 138 cm³/mol. The molecule has 0 saturated carbocycles. The van der Waals surface area contributed by atoms with Crippen molar-refractivity contribution in [2.45, 2.75) is 25.3 Å². The van der Waals surface area contributed by atoms with Crippen LogP contribution >= 0.6 is 11.3 Å². The molecule has 0 unspecified atom stereocenters. The average Bonchev–Trinajstić information content (AvgIpc) is 3.36. The highest BCUT2D eigenvalue weighted by Gasteiger charge is 2.26. The van der Waals surface area contributed by atoms with Crippen LogP contribution < -0.4 is 10.1 Å². The van der Waals surface area contributed by atoms with Crippen molar-refractivity contribution in [3.8, 4) is 5.75 Å². The van der Waals surface area contributed by atoms with E-state index in [0.29, 0.717) is 36.9 Å². The van der Waals surface area contributed by atoms with E-state index in [1.807, 2.05) is 53.4 Å². The average molecular weight is 486 g/mol. The minimum absolute atomic E-state index is 0.0355. The Morgan fingerprint density at radius 3 is 2.54 bits per heavy atom. The summed E-state index contributed by atoms with van der Waals surface area (Å²) in [7, 11) is 0. The number of hydrogen-bond donors (Lipinski definition) is 1. The van der Waals surface area contributed by atoms with Crippen LogP contribution in [0.2, 0.25) is 0 Å². The molecule has 5 rings (SSSR count). The lowest BCUT2D eigenvalue weighted by molar-refractivity contribution is -0.134. The van der Waals surface area contributed by atoms with Crippen LogP contribution in [0.1, 0.15) is 39.7 Å². The summed E-state index contributed by atoms with van der Waals surface area (Å²) < 4.78 is 6.96. The first-order chi connectivity index (χ1) is 17.2. The van der Waals surface area contributed by atoms with Gasteiger partial charge in [0.1, 0.15) is 5.75 Å². The normalized spacial score (nSPS) is 14.1. The number of amides is 2. The third-order valence-corrected chi connectivity index (χ3v) is 7.46. The van der Waals surface area contributed by atoms with E-state index in [2.05, 4.69) is 11.4 Å². The first-order valence-corrected chi connectivity index (χ1v) is 12.7. The van der Waals surface area contributed by atoms with Crippen LogP contribution in [-0.2, 0) is 11.3 Å². The molecule has 3 aromatic carbocycles. The van der Waals surface area contributed by atoms with Gasteiger partial charge in [-0.15, -0.1) is 11.3 Å². The maximum atomic E-state index is 12.7. The lowest BCUT2D eigenvalue weighted by Gasteiger charge is -2.31. The van der Waals surface area contributed by atoms with E-state index in [1.165, 1.54) is 4.70 Å². The maximum Gasteiger partial charge on any atom is 0.260 e. The number of carbonyl (C=O) groups excluding carboxylic acids is 2. The SMILES string of the molecule is O=C(NCc1ccccc1)c1cccc(OCC(=O)N2CCC(c3nc4ccccc4s3)CC2)c1. The van der Waals surface area contributed by atoms with Gasteiger partial charge in [-0.05, 0) is 48.7 Å². The Hall–Kier alpha value is -3.71. The Morgan fingerprint density at radius 1 is 0.971 bits per heavy atom. The number of likely N-dealkylation sites (tertiary alicyclic amines) is 1. The van der Waals surface area contributed by atoms with Crippen LogP contribution in [0.4, 0.5) is 0 Å². The van der Waals surface area contributed by atoms with Gasteiger partial charge in [-0.3, -0.25) is 9.59 Å². The summed E-state index contributed by atoms with van der Waals surface area (Å²) in [6.45, 7) is 1.81. The summed E-state index contributed by atoms with van der Waals surface area (Å²) in [4.78, 5) is 31.9. The first kappa shape index (κ1) is 23.1. The largest absolute Gasteiger partial charge is 0.484 e. The van der Waals surface area contributed by atoms with Crippen LogP contribution in [0.5, 0.6) is 5.75 Å². The smallest absolute Gasteiger partial charge is 0.260 e. The summed E-state index contributed by atoms with van der Waals surface area (Å²) in [5, 5.41) is 4.07. The Kier molecular flexibility index (Phi) is 7.04. The van der Waals surface area contributed by atoms with Crippen LogP contribution in [0.25, 0.3) is 10.2 Å². The number of carbonyl (C=O) groups is 2. The Labute approximate surface area is 208 Å². The van der Waals surface area contributed by atoms with Crippen LogP contribution in [0, 0.1) is 0 Å². The van der Waals surface area contributed by atoms with Crippen molar-refractivity contribution in [2.24, 2.45) is 0 Å². The molecule has 0 spiro atoms. The van der Waals surface area contributed by atoms with E-state index in [0.717, 1.165) is 28.9 Å². The van der Waals surface area contributed by atoms with Gasteiger partial charge in [-0.25, -0.2) is 4.98 Å². The van der Waals surface area contributed by atoms with Gasteiger partial charge in [0.2, 0.25) is 0 Å². The molecule has 1 saturated heterocycles. The number of fused-ring (bicyclic) bond motifs is 1. The van der Waals surface area contributed by atoms with E-state index in [9.17, 15) is 9.59 Å². The molecule has 178 valence electrons. The maximum absolute atomic E-state index is 12.7. The zero-order chi connectivity index (χ0) is 24.0. The van der Waals surface area contributed by atoms with Crippen molar-refractivity contribution in [1.29, 1.82) is 0 Å². The number of ether oxygens (including phenoxy) is 1. The topological polar surface area (TPSA) is 71.5 Å². The molecule has 1 aromatic heterocycles. The van der Waals surface area contributed by atoms with Gasteiger partial charge in [0, 0.05) is 31.1 Å². The number of rotatable bonds is 7. The number of aromatic nitrogens is 1. The number of nitrogens with zero attached hydrogens (tertiary/aromatic N) is 2. The zero-order valence-electron chi connectivity index (χ0n) is 19.4. The van der Waals surface area contributed by atoms with Crippen molar-refractivity contribution >= 4 is 33.4 Å². The highest BCUT2D eigenvalue weighted by atomic mass is 32.1. The molecular weight excluding hydrogens is 458 g/mol. The summed E-state index contributed by atoms with van der Waals surface area (Å²) in [6.07, 6.45) is 1.81. The van der Waals surface area contributed by atoms with E-state index in [4.69, 9.17) is 9.72 Å². The van der Waals surface area contributed by atoms with Crippen LogP contribution in [0.3, 0.4) is 0 Å². The van der Waals surface area contributed by atoms with Crippen molar-refractivity contribution in [1.82, 2.24) is 15.2 Å². The minimum atomic E-state index is -0.178. The molecule has 0 atom stereocenters. The zero-order valence-corrected chi connectivity index (χ0v) is 20.2. The number of benzene rings is 3. The molecular formula is C28H27N3O3S. The number of para-hydroxylation sites is 1. The molecule has 4 aromatic rings. The fraction of sp³-hybridized carbons (Fsp3) is 0.250. The number of thiazole rings is 1. The van der Waals surface area contributed by atoms with Gasteiger partial charge < -0.3 is 15.0 Å². The molecule has 2 heterocycles. The molecule has 1 fully saturated rings. The van der Waals surface area contributed by atoms with Gasteiger partial charge in [0.15, 0.2) is 6.61 Å². The van der Waals surface area contributed by atoms with Crippen molar-refractivity contribution in [3.05, 3.63) is 95.0 Å². The second kappa shape index (κ2) is 10.7. The summed E-state index contributed by atoms with van der Waals surface area (Å²) in [6, 6.07) is 24.9. The van der Waals surface area contributed by atoms with Crippen LogP contribution in [-0.4, -0.2) is 41.4 Å². The Bertz CT molecular complexity index is 1280. The number of piperidine rings is 1. The van der Waals surface area contributed by atoms with Gasteiger partial charge in [0.25, 0.3) is 11.8 Å².